The number of hydrogen-bond donors (Lipinski definition) is 1. The lowest BCUT2D eigenvalue weighted by molar-refractivity contribution is 0.0411. The number of aryl methyl sites for hydroxylation is 1. The molecule has 1 saturated heterocycles. The fourth-order valence-corrected chi connectivity index (χ4v) is 2.48. The van der Waals surface area contributed by atoms with Gasteiger partial charge in [0, 0.05) is 12.1 Å². The van der Waals surface area contributed by atoms with Gasteiger partial charge in [0.1, 0.15) is 11.5 Å². The fraction of sp³-hybridized carbons (Fsp3) is 0.692. The third kappa shape index (κ3) is 2.66. The second-order valence-electron chi connectivity index (χ2n) is 4.88. The number of rotatable bonds is 3. The molecule has 0 spiro atoms. The van der Waals surface area contributed by atoms with E-state index >= 15 is 0 Å². The maximum Gasteiger partial charge on any atom is 0.119 e. The quantitative estimate of drug-likeness (QED) is 0.852. The molecule has 2 unspecified atom stereocenters. The van der Waals surface area contributed by atoms with Crippen molar-refractivity contribution in [1.82, 2.24) is 10.4 Å². The van der Waals surface area contributed by atoms with Crippen molar-refractivity contribution in [3.05, 3.63) is 23.7 Å². The smallest absolute Gasteiger partial charge is 0.119 e. The third-order valence-electron chi connectivity index (χ3n) is 3.43. The van der Waals surface area contributed by atoms with Crippen LogP contribution in [0.1, 0.15) is 44.6 Å². The van der Waals surface area contributed by atoms with E-state index in [0.29, 0.717) is 12.1 Å². The van der Waals surface area contributed by atoms with Gasteiger partial charge in [0.25, 0.3) is 0 Å². The van der Waals surface area contributed by atoms with Crippen LogP contribution in [0.4, 0.5) is 0 Å². The molecule has 1 aliphatic rings. The molecule has 90 valence electrons. The number of nitrogens with one attached hydrogen (secondary N) is 1. The van der Waals surface area contributed by atoms with Crippen molar-refractivity contribution < 1.29 is 4.42 Å². The maximum absolute atomic E-state index is 5.56. The summed E-state index contributed by atoms with van der Waals surface area (Å²) in [7, 11) is 0. The largest absolute Gasteiger partial charge is 0.465 e. The SMILES string of the molecule is Cc1ccc(CNN2C(C)CCCC2C)o1. The predicted octanol–water partition coefficient (Wildman–Crippen LogP) is 2.86. The molecule has 0 radical (unpaired) electrons. The Kier molecular flexibility index (Phi) is 3.66. The summed E-state index contributed by atoms with van der Waals surface area (Å²) in [5, 5.41) is 2.38. The summed E-state index contributed by atoms with van der Waals surface area (Å²) in [6, 6.07) is 5.31. The molecule has 1 fully saturated rings. The van der Waals surface area contributed by atoms with Crippen LogP contribution in [0.15, 0.2) is 16.5 Å². The summed E-state index contributed by atoms with van der Waals surface area (Å²) in [5.41, 5.74) is 3.49. The zero-order chi connectivity index (χ0) is 11.5. The van der Waals surface area contributed by atoms with E-state index < -0.39 is 0 Å². The molecule has 0 aromatic carbocycles. The van der Waals surface area contributed by atoms with Gasteiger partial charge in [-0.05, 0) is 45.7 Å². The van der Waals surface area contributed by atoms with E-state index in [1.165, 1.54) is 19.3 Å². The molecule has 1 N–H and O–H groups in total. The predicted molar refractivity (Wildman–Crippen MR) is 64.9 cm³/mol. The van der Waals surface area contributed by atoms with Gasteiger partial charge in [-0.3, -0.25) is 0 Å². The Morgan fingerprint density at radius 1 is 1.31 bits per heavy atom. The minimum Gasteiger partial charge on any atom is -0.465 e. The molecule has 16 heavy (non-hydrogen) atoms. The van der Waals surface area contributed by atoms with Crippen molar-refractivity contribution in [2.24, 2.45) is 0 Å². The zero-order valence-electron chi connectivity index (χ0n) is 10.5. The molecule has 3 nitrogen and oxygen atoms in total. The van der Waals surface area contributed by atoms with Crippen molar-refractivity contribution in [3.8, 4) is 0 Å². The van der Waals surface area contributed by atoms with E-state index in [1.807, 2.05) is 19.1 Å². The Hall–Kier alpha value is -0.800. The molecule has 2 heterocycles. The van der Waals surface area contributed by atoms with Gasteiger partial charge in [0.05, 0.1) is 6.54 Å². The van der Waals surface area contributed by atoms with Gasteiger partial charge in [0.2, 0.25) is 0 Å². The van der Waals surface area contributed by atoms with Crippen LogP contribution in [0, 0.1) is 6.92 Å². The molecule has 1 aromatic heterocycles. The number of piperidine rings is 1. The molecule has 2 atom stereocenters. The lowest BCUT2D eigenvalue weighted by atomic mass is 10.00. The minimum absolute atomic E-state index is 0.625. The van der Waals surface area contributed by atoms with Gasteiger partial charge in [-0.25, -0.2) is 10.4 Å². The summed E-state index contributed by atoms with van der Waals surface area (Å²) >= 11 is 0. The highest BCUT2D eigenvalue weighted by molar-refractivity contribution is 5.05. The van der Waals surface area contributed by atoms with E-state index in [1.54, 1.807) is 0 Å². The minimum atomic E-state index is 0.625. The first-order valence-corrected chi connectivity index (χ1v) is 6.24. The second-order valence-corrected chi connectivity index (χ2v) is 4.88. The maximum atomic E-state index is 5.56. The standard InChI is InChI=1S/C13H22N2O/c1-10-5-4-6-11(2)15(10)14-9-13-8-7-12(3)16-13/h7-8,10-11,14H,4-6,9H2,1-3H3. The average molecular weight is 222 g/mol. The molecule has 0 saturated carbocycles. The van der Waals surface area contributed by atoms with Crippen LogP contribution in [0.25, 0.3) is 0 Å². The highest BCUT2D eigenvalue weighted by Gasteiger charge is 2.24. The third-order valence-corrected chi connectivity index (χ3v) is 3.43. The lowest BCUT2D eigenvalue weighted by Gasteiger charge is -2.38. The van der Waals surface area contributed by atoms with Crippen LogP contribution in [0.3, 0.4) is 0 Å². The van der Waals surface area contributed by atoms with Crippen LogP contribution in [0.2, 0.25) is 0 Å². The van der Waals surface area contributed by atoms with Crippen LogP contribution >= 0.6 is 0 Å². The van der Waals surface area contributed by atoms with E-state index in [9.17, 15) is 0 Å². The Morgan fingerprint density at radius 3 is 2.56 bits per heavy atom. The second kappa shape index (κ2) is 5.02. The molecule has 1 aliphatic heterocycles. The number of nitrogens with zero attached hydrogens (tertiary/aromatic N) is 1. The average Bonchev–Trinajstić information content (AvgIpc) is 2.63. The van der Waals surface area contributed by atoms with Gasteiger partial charge < -0.3 is 4.42 Å². The van der Waals surface area contributed by atoms with Gasteiger partial charge in [-0.2, -0.15) is 0 Å². The lowest BCUT2D eigenvalue weighted by Crippen LogP contribution is -2.51. The van der Waals surface area contributed by atoms with Crippen molar-refractivity contribution >= 4 is 0 Å². The number of hydrazine groups is 1. The molecular weight excluding hydrogens is 200 g/mol. The number of hydrogen-bond acceptors (Lipinski definition) is 3. The van der Waals surface area contributed by atoms with Crippen molar-refractivity contribution in [2.75, 3.05) is 0 Å². The van der Waals surface area contributed by atoms with Crippen molar-refractivity contribution in [3.63, 3.8) is 0 Å². The van der Waals surface area contributed by atoms with Crippen LogP contribution in [0.5, 0.6) is 0 Å². The molecule has 0 aliphatic carbocycles. The van der Waals surface area contributed by atoms with E-state index in [0.717, 1.165) is 18.1 Å². The van der Waals surface area contributed by atoms with Crippen LogP contribution < -0.4 is 5.43 Å². The molecule has 0 amide bonds. The summed E-state index contributed by atoms with van der Waals surface area (Å²) in [6.45, 7) is 7.35. The highest BCUT2D eigenvalue weighted by atomic mass is 16.3. The van der Waals surface area contributed by atoms with Gasteiger partial charge in [-0.15, -0.1) is 0 Å². The summed E-state index contributed by atoms with van der Waals surface area (Å²) in [4.78, 5) is 0. The molecule has 3 heteroatoms. The van der Waals surface area contributed by atoms with Gasteiger partial charge in [0.15, 0.2) is 0 Å². The van der Waals surface area contributed by atoms with Crippen molar-refractivity contribution in [1.29, 1.82) is 0 Å². The first-order chi connectivity index (χ1) is 7.66. The normalized spacial score (nSPS) is 27.2. The monoisotopic (exact) mass is 222 g/mol. The zero-order valence-corrected chi connectivity index (χ0v) is 10.5. The highest BCUT2D eigenvalue weighted by Crippen LogP contribution is 2.20. The molecule has 1 aromatic rings. The van der Waals surface area contributed by atoms with Crippen molar-refractivity contribution in [2.45, 2.75) is 58.7 Å². The Labute approximate surface area is 97.8 Å². The van der Waals surface area contributed by atoms with Crippen LogP contribution in [-0.4, -0.2) is 17.1 Å². The first kappa shape index (κ1) is 11.7. The van der Waals surface area contributed by atoms with E-state index in [4.69, 9.17) is 4.42 Å². The summed E-state index contributed by atoms with van der Waals surface area (Å²) < 4.78 is 5.56. The molecular formula is C13H22N2O. The fourth-order valence-electron chi connectivity index (χ4n) is 2.48. The van der Waals surface area contributed by atoms with E-state index in [2.05, 4.69) is 24.3 Å². The van der Waals surface area contributed by atoms with E-state index in [-0.39, 0.29) is 0 Å². The summed E-state index contributed by atoms with van der Waals surface area (Å²) in [6.07, 6.45) is 3.92. The Balaban J connectivity index is 1.88. The van der Waals surface area contributed by atoms with Gasteiger partial charge in [-0.1, -0.05) is 6.42 Å². The molecule has 0 bridgehead atoms. The number of furan rings is 1. The molecule has 2 rings (SSSR count). The first-order valence-electron chi connectivity index (χ1n) is 6.24. The van der Waals surface area contributed by atoms with Crippen LogP contribution in [-0.2, 0) is 6.54 Å². The van der Waals surface area contributed by atoms with Gasteiger partial charge >= 0.3 is 0 Å². The Bertz CT molecular complexity index is 324. The summed E-state index contributed by atoms with van der Waals surface area (Å²) in [5.74, 6) is 2.00. The topological polar surface area (TPSA) is 28.4 Å². The Morgan fingerprint density at radius 2 is 2.00 bits per heavy atom.